The van der Waals surface area contributed by atoms with Gasteiger partial charge >= 0.3 is 0 Å². The van der Waals surface area contributed by atoms with Crippen LogP contribution in [-0.4, -0.2) is 6.54 Å². The maximum atomic E-state index is 14.1. The zero-order valence-corrected chi connectivity index (χ0v) is 12.5. The molecule has 20 heavy (non-hydrogen) atoms. The molecule has 1 fully saturated rings. The largest absolute Gasteiger partial charge is 0.310 e. The molecule has 1 nitrogen and oxygen atoms in total. The summed E-state index contributed by atoms with van der Waals surface area (Å²) >= 11 is 0. The smallest absolute Gasteiger partial charge is 0.128 e. The number of halogens is 2. The molecular formula is C17H25F2N. The Balaban J connectivity index is 2.23. The Hall–Kier alpha value is -0.960. The Morgan fingerprint density at radius 3 is 2.75 bits per heavy atom. The van der Waals surface area contributed by atoms with Gasteiger partial charge < -0.3 is 5.32 Å². The van der Waals surface area contributed by atoms with Crippen LogP contribution in [0.25, 0.3) is 0 Å². The second-order valence-corrected chi connectivity index (χ2v) is 5.90. The summed E-state index contributed by atoms with van der Waals surface area (Å²) in [5, 5.41) is 3.37. The monoisotopic (exact) mass is 281 g/mol. The zero-order chi connectivity index (χ0) is 14.5. The van der Waals surface area contributed by atoms with Crippen molar-refractivity contribution in [3.05, 3.63) is 35.4 Å². The highest BCUT2D eigenvalue weighted by molar-refractivity contribution is 5.23. The summed E-state index contributed by atoms with van der Waals surface area (Å²) in [6, 6.07) is 3.73. The molecule has 0 heterocycles. The molecule has 0 saturated heterocycles. The van der Waals surface area contributed by atoms with Crippen LogP contribution in [0.3, 0.4) is 0 Å². The van der Waals surface area contributed by atoms with Gasteiger partial charge in [0.05, 0.1) is 0 Å². The molecule has 0 radical (unpaired) electrons. The topological polar surface area (TPSA) is 12.0 Å². The van der Waals surface area contributed by atoms with Crippen molar-refractivity contribution in [1.82, 2.24) is 5.32 Å². The molecule has 1 aliphatic rings. The van der Waals surface area contributed by atoms with Gasteiger partial charge in [0.15, 0.2) is 0 Å². The predicted molar refractivity (Wildman–Crippen MR) is 78.5 cm³/mol. The number of nitrogens with one attached hydrogen (secondary N) is 1. The predicted octanol–water partition coefficient (Wildman–Crippen LogP) is 4.83. The van der Waals surface area contributed by atoms with Gasteiger partial charge in [-0.05, 0) is 49.4 Å². The third-order valence-corrected chi connectivity index (χ3v) is 4.59. The van der Waals surface area contributed by atoms with E-state index in [1.54, 1.807) is 0 Å². The molecule has 1 aromatic rings. The van der Waals surface area contributed by atoms with Crippen LogP contribution >= 0.6 is 0 Å². The number of hydrogen-bond donors (Lipinski definition) is 1. The fourth-order valence-electron chi connectivity index (χ4n) is 3.51. The van der Waals surface area contributed by atoms with Crippen molar-refractivity contribution in [2.45, 2.75) is 52.0 Å². The summed E-state index contributed by atoms with van der Waals surface area (Å²) in [5.41, 5.74) is 0.494. The normalized spacial score (nSPS) is 24.6. The van der Waals surface area contributed by atoms with Gasteiger partial charge in [-0.2, -0.15) is 0 Å². The van der Waals surface area contributed by atoms with Gasteiger partial charge in [0.25, 0.3) is 0 Å². The molecule has 1 saturated carbocycles. The second kappa shape index (κ2) is 7.16. The van der Waals surface area contributed by atoms with Gasteiger partial charge in [-0.3, -0.25) is 0 Å². The summed E-state index contributed by atoms with van der Waals surface area (Å²) in [5.74, 6) is 0.486. The first-order valence-electron chi connectivity index (χ1n) is 7.84. The molecule has 112 valence electrons. The van der Waals surface area contributed by atoms with Gasteiger partial charge in [0.2, 0.25) is 0 Å². The first-order valence-corrected chi connectivity index (χ1v) is 7.84. The highest BCUT2D eigenvalue weighted by Crippen LogP contribution is 2.39. The minimum atomic E-state index is -0.354. The maximum absolute atomic E-state index is 14.1. The van der Waals surface area contributed by atoms with E-state index in [-0.39, 0.29) is 17.7 Å². The Labute approximate surface area is 120 Å². The lowest BCUT2D eigenvalue weighted by Crippen LogP contribution is -2.32. The van der Waals surface area contributed by atoms with Crippen LogP contribution in [0.5, 0.6) is 0 Å². The fourth-order valence-corrected chi connectivity index (χ4v) is 3.51. The van der Waals surface area contributed by atoms with Crippen LogP contribution < -0.4 is 5.32 Å². The summed E-state index contributed by atoms with van der Waals surface area (Å²) in [4.78, 5) is 0. The van der Waals surface area contributed by atoms with Crippen molar-refractivity contribution < 1.29 is 8.78 Å². The van der Waals surface area contributed by atoms with Crippen LogP contribution in [0.4, 0.5) is 8.78 Å². The molecule has 0 spiro atoms. The van der Waals surface area contributed by atoms with Gasteiger partial charge in [-0.15, -0.1) is 0 Å². The molecule has 2 rings (SSSR count). The second-order valence-electron chi connectivity index (χ2n) is 5.90. The van der Waals surface area contributed by atoms with Gasteiger partial charge in [-0.25, -0.2) is 8.78 Å². The van der Waals surface area contributed by atoms with Gasteiger partial charge in [0.1, 0.15) is 11.6 Å². The summed E-state index contributed by atoms with van der Waals surface area (Å²) in [7, 11) is 0. The molecule has 3 atom stereocenters. The number of rotatable bonds is 5. The lowest BCUT2D eigenvalue weighted by molar-refractivity contribution is 0.208. The lowest BCUT2D eigenvalue weighted by atomic mass is 9.75. The Bertz CT molecular complexity index is 433. The van der Waals surface area contributed by atoms with E-state index in [0.29, 0.717) is 11.5 Å². The summed E-state index contributed by atoms with van der Waals surface area (Å²) in [6.45, 7) is 5.01. The number of benzene rings is 1. The maximum Gasteiger partial charge on any atom is 0.128 e. The van der Waals surface area contributed by atoms with Crippen molar-refractivity contribution in [1.29, 1.82) is 0 Å². The highest BCUT2D eigenvalue weighted by Gasteiger charge is 2.30. The summed E-state index contributed by atoms with van der Waals surface area (Å²) < 4.78 is 27.5. The van der Waals surface area contributed by atoms with Crippen LogP contribution in [0, 0.1) is 23.5 Å². The van der Waals surface area contributed by atoms with Crippen LogP contribution in [-0.2, 0) is 0 Å². The Kier molecular flexibility index (Phi) is 5.53. The van der Waals surface area contributed by atoms with E-state index in [4.69, 9.17) is 0 Å². The first-order chi connectivity index (χ1) is 9.65. The molecular weight excluding hydrogens is 256 g/mol. The van der Waals surface area contributed by atoms with E-state index >= 15 is 0 Å². The average molecular weight is 281 g/mol. The molecule has 3 heteroatoms. The van der Waals surface area contributed by atoms with E-state index in [1.807, 2.05) is 6.92 Å². The van der Waals surface area contributed by atoms with E-state index in [1.165, 1.54) is 37.5 Å². The van der Waals surface area contributed by atoms with E-state index in [0.717, 1.165) is 25.3 Å². The molecule has 0 aliphatic heterocycles. The minimum Gasteiger partial charge on any atom is -0.310 e. The molecule has 0 aromatic heterocycles. The molecule has 3 unspecified atom stereocenters. The molecule has 0 bridgehead atoms. The van der Waals surface area contributed by atoms with Crippen molar-refractivity contribution in [3.63, 3.8) is 0 Å². The van der Waals surface area contributed by atoms with Crippen LogP contribution in [0.1, 0.15) is 57.6 Å². The van der Waals surface area contributed by atoms with Crippen LogP contribution in [0.2, 0.25) is 0 Å². The van der Waals surface area contributed by atoms with Crippen molar-refractivity contribution in [2.24, 2.45) is 11.8 Å². The van der Waals surface area contributed by atoms with Gasteiger partial charge in [-0.1, -0.05) is 33.1 Å². The average Bonchev–Trinajstić information content (AvgIpc) is 2.47. The number of hydrogen-bond acceptors (Lipinski definition) is 1. The third kappa shape index (κ3) is 3.57. The zero-order valence-electron chi connectivity index (χ0n) is 12.5. The van der Waals surface area contributed by atoms with E-state index in [9.17, 15) is 8.78 Å². The SMILES string of the molecule is CCNC(c1cc(F)ccc1F)C1CCCC(CC)C1. The fraction of sp³-hybridized carbons (Fsp3) is 0.647. The van der Waals surface area contributed by atoms with E-state index in [2.05, 4.69) is 12.2 Å². The lowest BCUT2D eigenvalue weighted by Gasteiger charge is -2.35. The molecule has 1 aliphatic carbocycles. The standard InChI is InChI=1S/C17H25F2N/c1-3-12-6-5-7-13(10-12)17(20-4-2)15-11-14(18)8-9-16(15)19/h8-9,11-13,17,20H,3-7,10H2,1-2H3. The third-order valence-electron chi connectivity index (χ3n) is 4.59. The summed E-state index contributed by atoms with van der Waals surface area (Å²) in [6.07, 6.45) is 5.87. The molecule has 0 amide bonds. The molecule has 1 aromatic carbocycles. The highest BCUT2D eigenvalue weighted by atomic mass is 19.1. The van der Waals surface area contributed by atoms with Crippen molar-refractivity contribution in [2.75, 3.05) is 6.54 Å². The quantitative estimate of drug-likeness (QED) is 0.815. The minimum absolute atomic E-state index is 0.0648. The Morgan fingerprint density at radius 2 is 2.05 bits per heavy atom. The first kappa shape index (κ1) is 15.4. The van der Waals surface area contributed by atoms with E-state index < -0.39 is 0 Å². The van der Waals surface area contributed by atoms with Gasteiger partial charge in [0, 0.05) is 11.6 Å². The Morgan fingerprint density at radius 1 is 1.25 bits per heavy atom. The van der Waals surface area contributed by atoms with Crippen molar-refractivity contribution >= 4 is 0 Å². The van der Waals surface area contributed by atoms with Crippen molar-refractivity contribution in [3.8, 4) is 0 Å². The molecule has 1 N–H and O–H groups in total. The van der Waals surface area contributed by atoms with Crippen LogP contribution in [0.15, 0.2) is 18.2 Å².